The number of nitrogens with one attached hydrogen (secondary N) is 1. The van der Waals surface area contributed by atoms with E-state index in [1.807, 2.05) is 25.1 Å². The number of para-hydroxylation sites is 2. The summed E-state index contributed by atoms with van der Waals surface area (Å²) in [6.45, 7) is 5.71. The third-order valence-corrected chi connectivity index (χ3v) is 4.07. The van der Waals surface area contributed by atoms with Crippen molar-refractivity contribution >= 4 is 17.0 Å². The minimum Gasteiger partial charge on any atom is -0.408 e. The van der Waals surface area contributed by atoms with Gasteiger partial charge in [0.15, 0.2) is 5.58 Å². The van der Waals surface area contributed by atoms with Crippen molar-refractivity contribution in [3.8, 4) is 0 Å². The maximum absolute atomic E-state index is 12.5. The lowest BCUT2D eigenvalue weighted by Crippen LogP contribution is -2.39. The van der Waals surface area contributed by atoms with Gasteiger partial charge < -0.3 is 14.3 Å². The molecule has 7 heteroatoms. The molecule has 1 amide bonds. The first-order valence-corrected chi connectivity index (χ1v) is 7.83. The van der Waals surface area contributed by atoms with E-state index in [9.17, 15) is 9.59 Å². The van der Waals surface area contributed by atoms with Crippen LogP contribution in [-0.2, 0) is 6.54 Å². The van der Waals surface area contributed by atoms with Gasteiger partial charge in [0.1, 0.15) is 11.3 Å². The molecule has 0 radical (unpaired) electrons. The van der Waals surface area contributed by atoms with Crippen LogP contribution in [0.4, 0.5) is 0 Å². The lowest BCUT2D eigenvalue weighted by molar-refractivity contribution is 0.0929. The van der Waals surface area contributed by atoms with E-state index in [1.54, 1.807) is 19.9 Å². The van der Waals surface area contributed by atoms with E-state index in [-0.39, 0.29) is 11.9 Å². The number of fused-ring (bicyclic) bond motifs is 1. The van der Waals surface area contributed by atoms with Gasteiger partial charge >= 0.3 is 5.76 Å². The molecule has 0 spiro atoms. The molecule has 3 rings (SSSR count). The molecular weight excluding hydrogens is 310 g/mol. The fourth-order valence-corrected chi connectivity index (χ4v) is 2.75. The molecule has 0 aliphatic carbocycles. The fourth-order valence-electron chi connectivity index (χ4n) is 2.75. The van der Waals surface area contributed by atoms with Gasteiger partial charge in [-0.05, 0) is 32.4 Å². The second-order valence-corrected chi connectivity index (χ2v) is 5.72. The highest BCUT2D eigenvalue weighted by Gasteiger charge is 2.21. The Bertz CT molecular complexity index is 915. The quantitative estimate of drug-likeness (QED) is 0.776. The molecule has 0 saturated carbocycles. The van der Waals surface area contributed by atoms with Crippen molar-refractivity contribution in [2.75, 3.05) is 0 Å². The molecule has 1 N–H and O–H groups in total. The van der Waals surface area contributed by atoms with Gasteiger partial charge in [-0.15, -0.1) is 0 Å². The molecule has 0 bridgehead atoms. The molecule has 24 heavy (non-hydrogen) atoms. The Hall–Kier alpha value is -2.83. The average molecular weight is 329 g/mol. The van der Waals surface area contributed by atoms with Crippen LogP contribution >= 0.6 is 0 Å². The fraction of sp³-hybridized carbons (Fsp3) is 0.353. The average Bonchev–Trinajstić information content (AvgIpc) is 3.06. The third-order valence-electron chi connectivity index (χ3n) is 4.07. The molecule has 0 aliphatic rings. The van der Waals surface area contributed by atoms with Crippen LogP contribution in [0.15, 0.2) is 38.0 Å². The maximum Gasteiger partial charge on any atom is 0.420 e. The first kappa shape index (κ1) is 16.0. The number of rotatable bonds is 5. The molecule has 3 aromatic rings. The summed E-state index contributed by atoms with van der Waals surface area (Å²) in [6.07, 6.45) is 0.668. The highest BCUT2D eigenvalue weighted by Crippen LogP contribution is 2.15. The smallest absolute Gasteiger partial charge is 0.408 e. The zero-order valence-electron chi connectivity index (χ0n) is 13.8. The van der Waals surface area contributed by atoms with Crippen LogP contribution in [0.1, 0.15) is 35.2 Å². The van der Waals surface area contributed by atoms with Gasteiger partial charge in [-0.1, -0.05) is 24.2 Å². The van der Waals surface area contributed by atoms with Crippen molar-refractivity contribution in [1.82, 2.24) is 15.0 Å². The minimum atomic E-state index is -0.429. The van der Waals surface area contributed by atoms with Crippen molar-refractivity contribution in [1.29, 1.82) is 0 Å². The summed E-state index contributed by atoms with van der Waals surface area (Å²) < 4.78 is 11.8. The van der Waals surface area contributed by atoms with E-state index in [0.717, 1.165) is 0 Å². The largest absolute Gasteiger partial charge is 0.420 e. The van der Waals surface area contributed by atoms with Crippen LogP contribution in [0.2, 0.25) is 0 Å². The van der Waals surface area contributed by atoms with Crippen LogP contribution < -0.4 is 11.1 Å². The topological polar surface area (TPSA) is 90.3 Å². The van der Waals surface area contributed by atoms with Crippen molar-refractivity contribution in [2.24, 2.45) is 0 Å². The molecule has 0 unspecified atom stereocenters. The number of aromatic nitrogens is 2. The maximum atomic E-state index is 12.5. The van der Waals surface area contributed by atoms with Gasteiger partial charge in [0.05, 0.1) is 11.2 Å². The van der Waals surface area contributed by atoms with Crippen molar-refractivity contribution in [2.45, 2.75) is 39.8 Å². The van der Waals surface area contributed by atoms with E-state index >= 15 is 0 Å². The number of benzene rings is 1. The van der Waals surface area contributed by atoms with Crippen LogP contribution in [0, 0.1) is 13.8 Å². The summed E-state index contributed by atoms with van der Waals surface area (Å²) in [5.41, 5.74) is 2.24. The second-order valence-electron chi connectivity index (χ2n) is 5.72. The van der Waals surface area contributed by atoms with Gasteiger partial charge in [-0.3, -0.25) is 9.36 Å². The van der Waals surface area contributed by atoms with E-state index in [4.69, 9.17) is 8.94 Å². The third kappa shape index (κ3) is 2.84. The monoisotopic (exact) mass is 329 g/mol. The molecule has 2 aromatic heterocycles. The number of hydrogen-bond donors (Lipinski definition) is 1. The molecule has 7 nitrogen and oxygen atoms in total. The Morgan fingerprint density at radius 1 is 1.33 bits per heavy atom. The number of amides is 1. The van der Waals surface area contributed by atoms with Gasteiger partial charge in [-0.2, -0.15) is 0 Å². The number of hydrogen-bond acceptors (Lipinski definition) is 5. The standard InChI is InChI=1S/C17H19N3O4/c1-4-12(18-16(21)15-10(2)19-24-11(15)3)9-20-13-7-5-6-8-14(13)23-17(20)22/h5-8,12H,4,9H2,1-3H3,(H,18,21)/t12-/m1/s1. The van der Waals surface area contributed by atoms with Crippen LogP contribution in [0.25, 0.3) is 11.1 Å². The number of aryl methyl sites for hydroxylation is 2. The lowest BCUT2D eigenvalue weighted by Gasteiger charge is -2.17. The lowest BCUT2D eigenvalue weighted by atomic mass is 10.1. The summed E-state index contributed by atoms with van der Waals surface area (Å²) in [7, 11) is 0. The molecule has 0 fully saturated rings. The summed E-state index contributed by atoms with van der Waals surface area (Å²) in [4.78, 5) is 24.5. The highest BCUT2D eigenvalue weighted by atomic mass is 16.5. The normalized spacial score (nSPS) is 12.5. The van der Waals surface area contributed by atoms with Crippen LogP contribution in [0.3, 0.4) is 0 Å². The van der Waals surface area contributed by atoms with E-state index < -0.39 is 5.76 Å². The van der Waals surface area contributed by atoms with Crippen LogP contribution in [-0.4, -0.2) is 21.7 Å². The minimum absolute atomic E-state index is 0.218. The molecule has 0 aliphatic heterocycles. The first-order valence-electron chi connectivity index (χ1n) is 7.83. The zero-order chi connectivity index (χ0) is 17.3. The molecule has 1 atom stereocenters. The van der Waals surface area contributed by atoms with Crippen molar-refractivity contribution in [3.63, 3.8) is 0 Å². The van der Waals surface area contributed by atoms with Crippen molar-refractivity contribution in [3.05, 3.63) is 51.8 Å². The molecule has 126 valence electrons. The number of oxazole rings is 1. The van der Waals surface area contributed by atoms with E-state index in [2.05, 4.69) is 10.5 Å². The van der Waals surface area contributed by atoms with Gasteiger partial charge in [0.25, 0.3) is 5.91 Å². The Morgan fingerprint density at radius 3 is 2.75 bits per heavy atom. The molecule has 0 saturated heterocycles. The summed E-state index contributed by atoms with van der Waals surface area (Å²) in [5.74, 6) is -0.203. The number of nitrogens with zero attached hydrogens (tertiary/aromatic N) is 2. The number of carbonyl (C=O) groups is 1. The Kier molecular flexibility index (Phi) is 4.24. The predicted octanol–water partition coefficient (Wildman–Crippen LogP) is 2.41. The molecule has 2 heterocycles. The highest BCUT2D eigenvalue weighted by molar-refractivity contribution is 5.96. The van der Waals surface area contributed by atoms with Gasteiger partial charge in [-0.25, -0.2) is 4.79 Å². The Balaban J connectivity index is 1.83. The van der Waals surface area contributed by atoms with Crippen LogP contribution in [0.5, 0.6) is 0 Å². The zero-order valence-corrected chi connectivity index (χ0v) is 13.8. The van der Waals surface area contributed by atoms with Gasteiger partial charge in [0, 0.05) is 12.6 Å². The number of carbonyl (C=O) groups excluding carboxylic acids is 1. The molecule has 1 aromatic carbocycles. The van der Waals surface area contributed by atoms with Crippen molar-refractivity contribution < 1.29 is 13.7 Å². The Labute approximate surface area is 138 Å². The predicted molar refractivity (Wildman–Crippen MR) is 88.0 cm³/mol. The molecular formula is C17H19N3O4. The summed E-state index contributed by atoms with van der Waals surface area (Å²) in [5, 5.41) is 6.74. The van der Waals surface area contributed by atoms with E-state index in [1.165, 1.54) is 4.57 Å². The SMILES string of the molecule is CC[C@H](Cn1c(=O)oc2ccccc21)NC(=O)c1c(C)noc1C. The first-order chi connectivity index (χ1) is 11.5. The second kappa shape index (κ2) is 6.35. The Morgan fingerprint density at radius 2 is 2.08 bits per heavy atom. The van der Waals surface area contributed by atoms with Gasteiger partial charge in [0.2, 0.25) is 0 Å². The summed E-state index contributed by atoms with van der Waals surface area (Å²) >= 11 is 0. The summed E-state index contributed by atoms with van der Waals surface area (Å²) in [6, 6.07) is 7.01. The van der Waals surface area contributed by atoms with E-state index in [0.29, 0.717) is 41.1 Å².